The van der Waals surface area contributed by atoms with Crippen LogP contribution in [0.1, 0.15) is 45.4 Å². The highest BCUT2D eigenvalue weighted by Gasteiger charge is 2.18. The molecule has 0 amide bonds. The molecule has 0 aromatic rings. The standard InChI is InChI=1S/C16H32ClNO3/c1-2-3-9-19-11-13-21-14-12-20-10-8-18-16-6-4-15(17)5-7-16/h15-16,18H,2-14H2,1H3. The van der Waals surface area contributed by atoms with Gasteiger partial charge in [-0.25, -0.2) is 0 Å². The summed E-state index contributed by atoms with van der Waals surface area (Å²) in [5.74, 6) is 0. The van der Waals surface area contributed by atoms with Crippen molar-refractivity contribution in [1.82, 2.24) is 5.32 Å². The molecule has 0 heterocycles. The molecule has 0 aliphatic heterocycles. The molecule has 1 saturated carbocycles. The first-order valence-corrected chi connectivity index (χ1v) is 8.87. The van der Waals surface area contributed by atoms with Crippen LogP contribution in [-0.2, 0) is 14.2 Å². The molecule has 1 fully saturated rings. The van der Waals surface area contributed by atoms with Crippen LogP contribution in [0.25, 0.3) is 0 Å². The SMILES string of the molecule is CCCCOCCOCCOCCNC1CCC(Cl)CC1. The molecular formula is C16H32ClNO3. The number of rotatable bonds is 13. The Bertz CT molecular complexity index is 224. The topological polar surface area (TPSA) is 39.7 Å². The van der Waals surface area contributed by atoms with E-state index in [1.165, 1.54) is 19.3 Å². The second-order valence-corrected chi connectivity index (χ2v) is 6.21. The number of ether oxygens (including phenoxy) is 3. The number of nitrogens with one attached hydrogen (secondary N) is 1. The molecule has 0 saturated heterocycles. The summed E-state index contributed by atoms with van der Waals surface area (Å²) in [5.41, 5.74) is 0. The zero-order chi connectivity index (χ0) is 15.2. The minimum Gasteiger partial charge on any atom is -0.379 e. The Morgan fingerprint density at radius 2 is 1.43 bits per heavy atom. The van der Waals surface area contributed by atoms with E-state index in [1.807, 2.05) is 0 Å². The van der Waals surface area contributed by atoms with Gasteiger partial charge in [-0.1, -0.05) is 13.3 Å². The highest BCUT2D eigenvalue weighted by Crippen LogP contribution is 2.22. The maximum Gasteiger partial charge on any atom is 0.0701 e. The second-order valence-electron chi connectivity index (χ2n) is 5.59. The molecule has 0 unspecified atom stereocenters. The molecule has 4 nitrogen and oxygen atoms in total. The van der Waals surface area contributed by atoms with Crippen LogP contribution >= 0.6 is 11.6 Å². The zero-order valence-electron chi connectivity index (χ0n) is 13.4. The molecule has 21 heavy (non-hydrogen) atoms. The molecule has 1 rings (SSSR count). The molecule has 5 heteroatoms. The number of hydrogen-bond acceptors (Lipinski definition) is 4. The van der Waals surface area contributed by atoms with Gasteiger partial charge in [-0.15, -0.1) is 11.6 Å². The van der Waals surface area contributed by atoms with Crippen LogP contribution in [0.15, 0.2) is 0 Å². The Kier molecular flexibility index (Phi) is 12.6. The van der Waals surface area contributed by atoms with Crippen LogP contribution in [0.3, 0.4) is 0 Å². The maximum atomic E-state index is 6.09. The highest BCUT2D eigenvalue weighted by molar-refractivity contribution is 6.20. The Hall–Kier alpha value is 0.130. The Morgan fingerprint density at radius 3 is 2.05 bits per heavy atom. The van der Waals surface area contributed by atoms with E-state index < -0.39 is 0 Å². The lowest BCUT2D eigenvalue weighted by Crippen LogP contribution is -2.35. The second kappa shape index (κ2) is 13.8. The Balaban J connectivity index is 1.73. The van der Waals surface area contributed by atoms with Crippen molar-refractivity contribution in [2.24, 2.45) is 0 Å². The van der Waals surface area contributed by atoms with E-state index in [0.717, 1.165) is 39.0 Å². The van der Waals surface area contributed by atoms with Crippen LogP contribution < -0.4 is 5.32 Å². The van der Waals surface area contributed by atoms with E-state index >= 15 is 0 Å². The minimum absolute atomic E-state index is 0.391. The quantitative estimate of drug-likeness (QED) is 0.418. The molecule has 1 N–H and O–H groups in total. The number of hydrogen-bond donors (Lipinski definition) is 1. The van der Waals surface area contributed by atoms with Gasteiger partial charge in [0.05, 0.1) is 33.0 Å². The van der Waals surface area contributed by atoms with Crippen LogP contribution in [0.4, 0.5) is 0 Å². The lowest BCUT2D eigenvalue weighted by Gasteiger charge is -2.25. The van der Waals surface area contributed by atoms with Crippen LogP contribution in [0.2, 0.25) is 0 Å². The molecule has 0 radical (unpaired) electrons. The van der Waals surface area contributed by atoms with Gasteiger partial charge >= 0.3 is 0 Å². The van der Waals surface area contributed by atoms with Crippen molar-refractivity contribution in [2.45, 2.75) is 56.9 Å². The van der Waals surface area contributed by atoms with Crippen LogP contribution in [0, 0.1) is 0 Å². The van der Waals surface area contributed by atoms with E-state index in [1.54, 1.807) is 0 Å². The summed E-state index contributed by atoms with van der Waals surface area (Å²) in [5, 5.41) is 3.92. The fraction of sp³-hybridized carbons (Fsp3) is 1.00. The third-order valence-electron chi connectivity index (χ3n) is 3.72. The normalized spacial score (nSPS) is 22.6. The molecule has 0 spiro atoms. The summed E-state index contributed by atoms with van der Waals surface area (Å²) in [7, 11) is 0. The summed E-state index contributed by atoms with van der Waals surface area (Å²) in [6.45, 7) is 7.31. The lowest BCUT2D eigenvalue weighted by atomic mass is 9.95. The summed E-state index contributed by atoms with van der Waals surface area (Å²) in [4.78, 5) is 0. The number of unbranched alkanes of at least 4 members (excludes halogenated alkanes) is 1. The number of alkyl halides is 1. The summed E-state index contributed by atoms with van der Waals surface area (Å²) in [6, 6.07) is 0.625. The molecule has 1 aliphatic carbocycles. The fourth-order valence-electron chi connectivity index (χ4n) is 2.38. The zero-order valence-corrected chi connectivity index (χ0v) is 14.2. The van der Waals surface area contributed by atoms with E-state index in [0.29, 0.717) is 37.8 Å². The van der Waals surface area contributed by atoms with Crippen molar-refractivity contribution in [1.29, 1.82) is 0 Å². The van der Waals surface area contributed by atoms with Gasteiger partial charge in [0, 0.05) is 24.6 Å². The molecule has 0 aromatic carbocycles. The summed E-state index contributed by atoms with van der Waals surface area (Å²) >= 11 is 6.09. The van der Waals surface area contributed by atoms with E-state index in [9.17, 15) is 0 Å². The van der Waals surface area contributed by atoms with Gasteiger partial charge in [0.15, 0.2) is 0 Å². The molecule has 0 atom stereocenters. The van der Waals surface area contributed by atoms with Gasteiger partial charge < -0.3 is 19.5 Å². The van der Waals surface area contributed by atoms with Gasteiger partial charge in [-0.05, 0) is 32.1 Å². The third-order valence-corrected chi connectivity index (χ3v) is 4.16. The third kappa shape index (κ3) is 11.4. The average molecular weight is 322 g/mol. The van der Waals surface area contributed by atoms with Crippen molar-refractivity contribution >= 4 is 11.6 Å². The van der Waals surface area contributed by atoms with Gasteiger partial charge in [0.25, 0.3) is 0 Å². The van der Waals surface area contributed by atoms with Crippen molar-refractivity contribution in [3.63, 3.8) is 0 Å². The Labute approximate surface area is 134 Å². The van der Waals surface area contributed by atoms with Gasteiger partial charge in [-0.2, -0.15) is 0 Å². The maximum absolute atomic E-state index is 6.09. The highest BCUT2D eigenvalue weighted by atomic mass is 35.5. The van der Waals surface area contributed by atoms with Crippen molar-refractivity contribution in [2.75, 3.05) is 46.2 Å². The van der Waals surface area contributed by atoms with Crippen molar-refractivity contribution < 1.29 is 14.2 Å². The molecule has 0 bridgehead atoms. The van der Waals surface area contributed by atoms with Gasteiger partial charge in [0.1, 0.15) is 0 Å². The van der Waals surface area contributed by atoms with E-state index in [-0.39, 0.29) is 0 Å². The Morgan fingerprint density at radius 1 is 0.857 bits per heavy atom. The first kappa shape index (κ1) is 19.2. The molecule has 126 valence electrons. The van der Waals surface area contributed by atoms with Gasteiger partial charge in [-0.3, -0.25) is 0 Å². The predicted molar refractivity (Wildman–Crippen MR) is 87.3 cm³/mol. The molecule has 0 aromatic heterocycles. The summed E-state index contributed by atoms with van der Waals surface area (Å²) in [6.07, 6.45) is 6.95. The first-order chi connectivity index (χ1) is 10.3. The monoisotopic (exact) mass is 321 g/mol. The summed E-state index contributed by atoms with van der Waals surface area (Å²) < 4.78 is 16.4. The van der Waals surface area contributed by atoms with Crippen molar-refractivity contribution in [3.05, 3.63) is 0 Å². The van der Waals surface area contributed by atoms with E-state index in [2.05, 4.69) is 12.2 Å². The smallest absolute Gasteiger partial charge is 0.0701 e. The van der Waals surface area contributed by atoms with Crippen LogP contribution in [0.5, 0.6) is 0 Å². The van der Waals surface area contributed by atoms with Crippen molar-refractivity contribution in [3.8, 4) is 0 Å². The number of halogens is 1. The first-order valence-electron chi connectivity index (χ1n) is 8.43. The fourth-order valence-corrected chi connectivity index (χ4v) is 2.63. The average Bonchev–Trinajstić information content (AvgIpc) is 2.50. The molecule has 1 aliphatic rings. The minimum atomic E-state index is 0.391. The van der Waals surface area contributed by atoms with Gasteiger partial charge in [0.2, 0.25) is 0 Å². The van der Waals surface area contributed by atoms with Crippen LogP contribution in [-0.4, -0.2) is 57.6 Å². The lowest BCUT2D eigenvalue weighted by molar-refractivity contribution is 0.0143. The predicted octanol–water partition coefficient (Wildman–Crippen LogP) is 2.98. The van der Waals surface area contributed by atoms with E-state index in [4.69, 9.17) is 25.8 Å². The largest absolute Gasteiger partial charge is 0.379 e. The molecular weight excluding hydrogens is 290 g/mol.